The fourth-order valence-electron chi connectivity index (χ4n) is 3.52. The molecule has 0 atom stereocenters. The predicted octanol–water partition coefficient (Wildman–Crippen LogP) is 5.01. The minimum atomic E-state index is 0.208. The maximum atomic E-state index is 9.01. The molecule has 0 spiro atoms. The number of aliphatic hydroxyl groups is 1. The van der Waals surface area contributed by atoms with Crippen molar-refractivity contribution in [3.63, 3.8) is 0 Å². The standard InChI is InChI=1S/C25H28N4OS/c1-2-18-10-11-22-23(15-18)31-24(29-22)17-21-16-20(14-19-8-4-3-5-9-19)27-25(28-21)26-12-6-7-13-30/h3-5,8-11,15-16,30H,2,6-7,12-14,17H2,1H3,(H,26,27,28). The number of anilines is 1. The van der Waals surface area contributed by atoms with Gasteiger partial charge in [0.25, 0.3) is 0 Å². The smallest absolute Gasteiger partial charge is 0.223 e. The van der Waals surface area contributed by atoms with E-state index in [4.69, 9.17) is 20.1 Å². The van der Waals surface area contributed by atoms with Gasteiger partial charge >= 0.3 is 0 Å². The summed E-state index contributed by atoms with van der Waals surface area (Å²) in [5.74, 6) is 0.649. The van der Waals surface area contributed by atoms with Gasteiger partial charge in [-0.1, -0.05) is 43.3 Å². The molecule has 0 bridgehead atoms. The summed E-state index contributed by atoms with van der Waals surface area (Å²) in [5.41, 5.74) is 5.59. The lowest BCUT2D eigenvalue weighted by Gasteiger charge is -2.09. The van der Waals surface area contributed by atoms with Crippen molar-refractivity contribution in [2.75, 3.05) is 18.5 Å². The molecule has 0 aliphatic carbocycles. The average Bonchev–Trinajstić information content (AvgIpc) is 3.18. The van der Waals surface area contributed by atoms with Crippen LogP contribution in [0.1, 0.15) is 47.3 Å². The van der Waals surface area contributed by atoms with Crippen LogP contribution in [0.15, 0.2) is 54.6 Å². The zero-order valence-corrected chi connectivity index (χ0v) is 18.7. The SMILES string of the molecule is CCc1ccc2nc(Cc3cc(Cc4ccccc4)nc(NCCCCO)n3)sc2c1. The summed E-state index contributed by atoms with van der Waals surface area (Å²) in [5, 5.41) is 13.4. The first-order chi connectivity index (χ1) is 15.2. The topological polar surface area (TPSA) is 70.9 Å². The number of hydrogen-bond acceptors (Lipinski definition) is 6. The largest absolute Gasteiger partial charge is 0.396 e. The van der Waals surface area contributed by atoms with Crippen LogP contribution < -0.4 is 5.32 Å². The molecule has 0 saturated carbocycles. The van der Waals surface area contributed by atoms with Crippen molar-refractivity contribution in [1.82, 2.24) is 15.0 Å². The summed E-state index contributed by atoms with van der Waals surface area (Å²) in [6.45, 7) is 3.13. The number of aliphatic hydroxyl groups excluding tert-OH is 1. The third-order valence-corrected chi connectivity index (χ3v) is 6.18. The van der Waals surface area contributed by atoms with Gasteiger partial charge in [0.2, 0.25) is 5.95 Å². The fourth-order valence-corrected chi connectivity index (χ4v) is 4.57. The molecule has 0 radical (unpaired) electrons. The van der Waals surface area contributed by atoms with Crippen LogP contribution in [0.2, 0.25) is 0 Å². The molecule has 6 heteroatoms. The van der Waals surface area contributed by atoms with Crippen LogP contribution in [0, 0.1) is 0 Å². The van der Waals surface area contributed by atoms with Crippen LogP contribution in [-0.2, 0) is 19.3 Å². The molecule has 2 aromatic heterocycles. The zero-order valence-electron chi connectivity index (χ0n) is 17.8. The minimum Gasteiger partial charge on any atom is -0.396 e. The number of nitrogens with zero attached hydrogens (tertiary/aromatic N) is 3. The number of aromatic nitrogens is 3. The van der Waals surface area contributed by atoms with Gasteiger partial charge in [0.15, 0.2) is 0 Å². The van der Waals surface area contributed by atoms with Crippen molar-refractivity contribution in [1.29, 1.82) is 0 Å². The van der Waals surface area contributed by atoms with Gasteiger partial charge in [-0.2, -0.15) is 0 Å². The summed E-state index contributed by atoms with van der Waals surface area (Å²) in [7, 11) is 0. The van der Waals surface area contributed by atoms with Crippen LogP contribution in [-0.4, -0.2) is 33.2 Å². The first kappa shape index (κ1) is 21.4. The minimum absolute atomic E-state index is 0.208. The number of aryl methyl sites for hydroxylation is 1. The van der Waals surface area contributed by atoms with E-state index in [9.17, 15) is 0 Å². The molecule has 160 valence electrons. The highest BCUT2D eigenvalue weighted by molar-refractivity contribution is 7.18. The molecule has 0 unspecified atom stereocenters. The van der Waals surface area contributed by atoms with Crippen LogP contribution >= 0.6 is 11.3 Å². The van der Waals surface area contributed by atoms with Crippen molar-refractivity contribution < 1.29 is 5.11 Å². The van der Waals surface area contributed by atoms with Crippen molar-refractivity contribution in [3.8, 4) is 0 Å². The van der Waals surface area contributed by atoms with Crippen molar-refractivity contribution >= 4 is 27.5 Å². The summed E-state index contributed by atoms with van der Waals surface area (Å²) in [6.07, 6.45) is 4.14. The monoisotopic (exact) mass is 432 g/mol. The average molecular weight is 433 g/mol. The van der Waals surface area contributed by atoms with E-state index in [0.29, 0.717) is 12.4 Å². The molecule has 2 N–H and O–H groups in total. The van der Waals surface area contributed by atoms with E-state index in [1.54, 1.807) is 11.3 Å². The van der Waals surface area contributed by atoms with Crippen molar-refractivity contribution in [2.45, 2.75) is 39.0 Å². The number of benzene rings is 2. The van der Waals surface area contributed by atoms with E-state index < -0.39 is 0 Å². The van der Waals surface area contributed by atoms with Gasteiger partial charge in [0.05, 0.1) is 26.6 Å². The molecule has 5 nitrogen and oxygen atoms in total. The summed E-state index contributed by atoms with van der Waals surface area (Å²) >= 11 is 1.74. The highest BCUT2D eigenvalue weighted by Crippen LogP contribution is 2.25. The number of nitrogens with one attached hydrogen (secondary N) is 1. The van der Waals surface area contributed by atoms with Crippen LogP contribution in [0.5, 0.6) is 0 Å². The molecule has 0 aliphatic rings. The van der Waals surface area contributed by atoms with E-state index in [1.807, 2.05) is 6.07 Å². The Morgan fingerprint density at radius 1 is 0.871 bits per heavy atom. The molecule has 2 aromatic carbocycles. The van der Waals surface area contributed by atoms with E-state index in [-0.39, 0.29) is 6.61 Å². The Kier molecular flexibility index (Phi) is 7.22. The van der Waals surface area contributed by atoms with Gasteiger partial charge in [-0.05, 0) is 48.6 Å². The molecule has 0 aliphatic heterocycles. The molecular formula is C25H28N4OS. The predicted molar refractivity (Wildman–Crippen MR) is 128 cm³/mol. The van der Waals surface area contributed by atoms with Crippen LogP contribution in [0.4, 0.5) is 5.95 Å². The third-order valence-electron chi connectivity index (χ3n) is 5.17. The quantitative estimate of drug-likeness (QED) is 0.345. The second kappa shape index (κ2) is 10.5. The van der Waals surface area contributed by atoms with Crippen LogP contribution in [0.25, 0.3) is 10.2 Å². The maximum Gasteiger partial charge on any atom is 0.223 e. The lowest BCUT2D eigenvalue weighted by molar-refractivity contribution is 0.286. The lowest BCUT2D eigenvalue weighted by atomic mass is 10.1. The Bertz CT molecular complexity index is 1130. The molecule has 0 saturated heterocycles. The number of thiazole rings is 1. The number of hydrogen-bond donors (Lipinski definition) is 2. The molecule has 2 heterocycles. The number of fused-ring (bicyclic) bond motifs is 1. The van der Waals surface area contributed by atoms with Gasteiger partial charge < -0.3 is 10.4 Å². The van der Waals surface area contributed by atoms with Crippen molar-refractivity contribution in [3.05, 3.63) is 82.1 Å². The van der Waals surface area contributed by atoms with Gasteiger partial charge in [0.1, 0.15) is 0 Å². The van der Waals surface area contributed by atoms with E-state index in [2.05, 4.69) is 60.8 Å². The molecule has 0 fully saturated rings. The van der Waals surface area contributed by atoms with Crippen LogP contribution in [0.3, 0.4) is 0 Å². The van der Waals surface area contributed by atoms with Gasteiger partial charge in [-0.15, -0.1) is 11.3 Å². The third kappa shape index (κ3) is 5.87. The molecular weight excluding hydrogens is 404 g/mol. The Labute approximate surface area is 187 Å². The Balaban J connectivity index is 1.57. The molecule has 0 amide bonds. The molecule has 4 aromatic rings. The van der Waals surface area contributed by atoms with E-state index in [0.717, 1.165) is 54.1 Å². The number of unbranched alkanes of at least 4 members (excludes halogenated alkanes) is 1. The Morgan fingerprint density at radius 2 is 1.68 bits per heavy atom. The van der Waals surface area contributed by atoms with Crippen molar-refractivity contribution in [2.24, 2.45) is 0 Å². The second-order valence-electron chi connectivity index (χ2n) is 7.63. The van der Waals surface area contributed by atoms with Gasteiger partial charge in [-0.3, -0.25) is 0 Å². The Morgan fingerprint density at radius 3 is 2.45 bits per heavy atom. The van der Waals surface area contributed by atoms with Gasteiger partial charge in [0, 0.05) is 26.0 Å². The zero-order chi connectivity index (χ0) is 21.5. The highest BCUT2D eigenvalue weighted by Gasteiger charge is 2.10. The summed E-state index contributed by atoms with van der Waals surface area (Å²) < 4.78 is 1.23. The van der Waals surface area contributed by atoms with Gasteiger partial charge in [-0.25, -0.2) is 15.0 Å². The Hall–Kier alpha value is -2.83. The highest BCUT2D eigenvalue weighted by atomic mass is 32.1. The first-order valence-electron chi connectivity index (χ1n) is 10.9. The molecule has 4 rings (SSSR count). The van der Waals surface area contributed by atoms with E-state index >= 15 is 0 Å². The maximum absolute atomic E-state index is 9.01. The normalized spacial score (nSPS) is 11.2. The molecule has 31 heavy (non-hydrogen) atoms. The first-order valence-corrected chi connectivity index (χ1v) is 11.7. The van der Waals surface area contributed by atoms with E-state index in [1.165, 1.54) is 15.8 Å². The lowest BCUT2D eigenvalue weighted by Crippen LogP contribution is -2.09. The number of rotatable bonds is 10. The summed E-state index contributed by atoms with van der Waals surface area (Å²) in [4.78, 5) is 14.3. The fraction of sp³-hybridized carbons (Fsp3) is 0.320. The summed E-state index contributed by atoms with van der Waals surface area (Å²) in [6, 6.07) is 19.0. The second-order valence-corrected chi connectivity index (χ2v) is 8.75.